The van der Waals surface area contributed by atoms with Crippen LogP contribution in [0.4, 0.5) is 0 Å². The van der Waals surface area contributed by atoms with Crippen molar-refractivity contribution >= 4 is 23.6 Å². The molecular formula is C23H33N3O3S. The number of nitrogens with zero attached hydrogens (tertiary/aromatic N) is 2. The number of aliphatic hydroxyl groups is 1. The Morgan fingerprint density at radius 2 is 2.03 bits per heavy atom. The Morgan fingerprint density at radius 1 is 1.37 bits per heavy atom. The third kappa shape index (κ3) is 6.37. The average Bonchev–Trinajstić information content (AvgIpc) is 3.10. The molecule has 1 aliphatic heterocycles. The van der Waals surface area contributed by atoms with Crippen molar-refractivity contribution in [2.24, 2.45) is 0 Å². The SMILES string of the molecule is C=CN(C)/C(=C\CC)C(=O)NC(Cc1ccccc1)C(O)C(=O)N1CSC(C)(C)C1. The third-order valence-corrected chi connectivity index (χ3v) is 6.38. The van der Waals surface area contributed by atoms with Crippen molar-refractivity contribution in [3.05, 3.63) is 60.4 Å². The predicted octanol–water partition coefficient (Wildman–Crippen LogP) is 2.76. The summed E-state index contributed by atoms with van der Waals surface area (Å²) >= 11 is 1.68. The number of aliphatic hydroxyl groups excluding tert-OH is 1. The van der Waals surface area contributed by atoms with Gasteiger partial charge in [0, 0.05) is 18.3 Å². The van der Waals surface area contributed by atoms with Crippen LogP contribution in [0.5, 0.6) is 0 Å². The highest BCUT2D eigenvalue weighted by Gasteiger charge is 2.38. The highest BCUT2D eigenvalue weighted by molar-refractivity contribution is 8.00. The highest BCUT2D eigenvalue weighted by atomic mass is 32.2. The fourth-order valence-corrected chi connectivity index (χ4v) is 4.32. The Bertz CT molecular complexity index is 779. The molecule has 2 atom stereocenters. The summed E-state index contributed by atoms with van der Waals surface area (Å²) in [5, 5.41) is 13.8. The van der Waals surface area contributed by atoms with Crippen molar-refractivity contribution < 1.29 is 14.7 Å². The number of benzene rings is 1. The largest absolute Gasteiger partial charge is 0.381 e. The lowest BCUT2D eigenvalue weighted by atomic mass is 9.99. The number of thioether (sulfide) groups is 1. The lowest BCUT2D eigenvalue weighted by molar-refractivity contribution is -0.141. The first-order valence-corrected chi connectivity index (χ1v) is 11.2. The van der Waals surface area contributed by atoms with Gasteiger partial charge in [0.25, 0.3) is 11.8 Å². The number of amides is 2. The van der Waals surface area contributed by atoms with Crippen LogP contribution in [0.1, 0.15) is 32.8 Å². The number of nitrogens with one attached hydrogen (secondary N) is 1. The van der Waals surface area contributed by atoms with E-state index in [2.05, 4.69) is 25.7 Å². The molecule has 1 aromatic carbocycles. The molecule has 7 heteroatoms. The van der Waals surface area contributed by atoms with Crippen LogP contribution in [-0.2, 0) is 16.0 Å². The minimum atomic E-state index is -1.33. The fourth-order valence-electron chi connectivity index (χ4n) is 3.34. The van der Waals surface area contributed by atoms with Crippen LogP contribution in [0.2, 0.25) is 0 Å². The number of allylic oxidation sites excluding steroid dienone is 1. The minimum absolute atomic E-state index is 0.0444. The van der Waals surface area contributed by atoms with Gasteiger partial charge in [-0.15, -0.1) is 11.8 Å². The molecule has 1 fully saturated rings. The second-order valence-electron chi connectivity index (χ2n) is 8.07. The maximum absolute atomic E-state index is 13.0. The minimum Gasteiger partial charge on any atom is -0.381 e. The van der Waals surface area contributed by atoms with E-state index in [0.29, 0.717) is 31.0 Å². The molecule has 1 saturated heterocycles. The molecule has 164 valence electrons. The van der Waals surface area contributed by atoms with E-state index >= 15 is 0 Å². The summed E-state index contributed by atoms with van der Waals surface area (Å²) in [6.07, 6.45) is 3.04. The fraction of sp³-hybridized carbons (Fsp3) is 0.478. The van der Waals surface area contributed by atoms with Crippen LogP contribution in [-0.4, -0.2) is 63.1 Å². The van der Waals surface area contributed by atoms with E-state index in [1.807, 2.05) is 37.3 Å². The van der Waals surface area contributed by atoms with Crippen LogP contribution in [0.25, 0.3) is 0 Å². The Balaban J connectivity index is 2.23. The Hall–Kier alpha value is -2.25. The van der Waals surface area contributed by atoms with Crippen LogP contribution in [0.15, 0.2) is 54.9 Å². The molecule has 2 N–H and O–H groups in total. The summed E-state index contributed by atoms with van der Waals surface area (Å²) in [7, 11) is 1.74. The summed E-state index contributed by atoms with van der Waals surface area (Å²) in [6, 6.07) is 8.79. The number of rotatable bonds is 9. The smallest absolute Gasteiger partial charge is 0.267 e. The van der Waals surface area contributed by atoms with Gasteiger partial charge in [-0.05, 0) is 38.5 Å². The lowest BCUT2D eigenvalue weighted by Gasteiger charge is -2.29. The number of carbonyl (C=O) groups is 2. The first kappa shape index (κ1) is 24.0. The topological polar surface area (TPSA) is 72.9 Å². The van der Waals surface area contributed by atoms with Crippen molar-refractivity contribution in [3.8, 4) is 0 Å². The zero-order valence-electron chi connectivity index (χ0n) is 18.3. The maximum Gasteiger partial charge on any atom is 0.267 e. The van der Waals surface area contributed by atoms with Gasteiger partial charge >= 0.3 is 0 Å². The van der Waals surface area contributed by atoms with E-state index < -0.39 is 12.1 Å². The van der Waals surface area contributed by atoms with Gasteiger partial charge in [-0.2, -0.15) is 0 Å². The van der Waals surface area contributed by atoms with Crippen molar-refractivity contribution in [2.45, 2.75) is 50.5 Å². The van der Waals surface area contributed by atoms with Gasteiger partial charge in [0.1, 0.15) is 5.70 Å². The summed E-state index contributed by atoms with van der Waals surface area (Å²) < 4.78 is -0.0444. The van der Waals surface area contributed by atoms with Crippen LogP contribution >= 0.6 is 11.8 Å². The van der Waals surface area contributed by atoms with Crippen molar-refractivity contribution in [3.63, 3.8) is 0 Å². The van der Waals surface area contributed by atoms with E-state index in [4.69, 9.17) is 0 Å². The number of hydrogen-bond donors (Lipinski definition) is 2. The molecular weight excluding hydrogens is 398 g/mol. The quantitative estimate of drug-likeness (QED) is 0.588. The van der Waals surface area contributed by atoms with Crippen LogP contribution in [0.3, 0.4) is 0 Å². The van der Waals surface area contributed by atoms with E-state index in [-0.39, 0.29) is 16.6 Å². The van der Waals surface area contributed by atoms with Crippen molar-refractivity contribution in [2.75, 3.05) is 19.5 Å². The molecule has 0 bridgehead atoms. The summed E-state index contributed by atoms with van der Waals surface area (Å²) in [5.41, 5.74) is 1.37. The Labute approximate surface area is 184 Å². The lowest BCUT2D eigenvalue weighted by Crippen LogP contribution is -2.53. The molecule has 30 heavy (non-hydrogen) atoms. The Morgan fingerprint density at radius 3 is 2.57 bits per heavy atom. The van der Waals surface area contributed by atoms with Gasteiger partial charge < -0.3 is 20.2 Å². The third-order valence-electron chi connectivity index (χ3n) is 5.03. The normalized spacial score (nSPS) is 17.9. The maximum atomic E-state index is 13.0. The monoisotopic (exact) mass is 431 g/mol. The Kier molecular flexibility index (Phi) is 8.55. The van der Waals surface area contributed by atoms with Crippen LogP contribution < -0.4 is 5.32 Å². The average molecular weight is 432 g/mol. The standard InChI is InChI=1S/C23H33N3O3S/c1-6-11-19(25(5)7-2)21(28)24-18(14-17-12-9-8-10-13-17)20(27)22(29)26-15-23(3,4)30-16-26/h7-13,18,20,27H,2,6,14-16H2,1,3-5H3,(H,24,28)/b19-11-. The number of hydrogen-bond acceptors (Lipinski definition) is 5. The number of likely N-dealkylation sites (N-methyl/N-ethyl adjacent to an activating group) is 1. The van der Waals surface area contributed by atoms with Gasteiger partial charge in [-0.25, -0.2) is 0 Å². The molecule has 2 amide bonds. The highest BCUT2D eigenvalue weighted by Crippen LogP contribution is 2.33. The second-order valence-corrected chi connectivity index (χ2v) is 9.73. The second kappa shape index (κ2) is 10.7. The summed E-state index contributed by atoms with van der Waals surface area (Å²) in [4.78, 5) is 29.3. The molecule has 0 aliphatic carbocycles. The van der Waals surface area contributed by atoms with Gasteiger partial charge in [0.05, 0.1) is 11.9 Å². The van der Waals surface area contributed by atoms with Gasteiger partial charge in [-0.3, -0.25) is 9.59 Å². The summed E-state index contributed by atoms with van der Waals surface area (Å²) in [6.45, 7) is 10.4. The van der Waals surface area contributed by atoms with Gasteiger partial charge in [0.2, 0.25) is 0 Å². The molecule has 1 aliphatic rings. The molecule has 0 spiro atoms. The molecule has 0 aromatic heterocycles. The predicted molar refractivity (Wildman–Crippen MR) is 123 cm³/mol. The van der Waals surface area contributed by atoms with E-state index in [1.54, 1.807) is 40.9 Å². The van der Waals surface area contributed by atoms with Gasteiger partial charge in [0.15, 0.2) is 6.10 Å². The zero-order valence-corrected chi connectivity index (χ0v) is 19.1. The van der Waals surface area contributed by atoms with E-state index in [1.165, 1.54) is 0 Å². The summed E-state index contributed by atoms with van der Waals surface area (Å²) in [5.74, 6) is -0.162. The molecule has 2 rings (SSSR count). The molecule has 0 radical (unpaired) electrons. The molecule has 1 heterocycles. The molecule has 0 saturated carbocycles. The van der Waals surface area contributed by atoms with Crippen LogP contribution in [0, 0.1) is 0 Å². The van der Waals surface area contributed by atoms with Crippen molar-refractivity contribution in [1.29, 1.82) is 0 Å². The first-order chi connectivity index (χ1) is 14.2. The zero-order chi connectivity index (χ0) is 22.3. The molecule has 1 aromatic rings. The molecule has 2 unspecified atom stereocenters. The number of carbonyl (C=O) groups excluding carboxylic acids is 2. The van der Waals surface area contributed by atoms with E-state index in [0.717, 1.165) is 5.56 Å². The first-order valence-electron chi connectivity index (χ1n) is 10.2. The van der Waals surface area contributed by atoms with Crippen molar-refractivity contribution in [1.82, 2.24) is 15.1 Å². The van der Waals surface area contributed by atoms with E-state index in [9.17, 15) is 14.7 Å². The molecule has 6 nitrogen and oxygen atoms in total. The van der Waals surface area contributed by atoms with Gasteiger partial charge in [-0.1, -0.05) is 49.9 Å².